The molecule has 0 bridgehead atoms. The number of ether oxygens (including phenoxy) is 1. The Morgan fingerprint density at radius 2 is 2.11 bits per heavy atom. The largest absolute Gasteiger partial charge is 0.437 e. The Balaban J connectivity index is 2.06. The summed E-state index contributed by atoms with van der Waals surface area (Å²) < 4.78 is 6.52. The van der Waals surface area contributed by atoms with E-state index in [9.17, 15) is 0 Å². The van der Waals surface area contributed by atoms with Gasteiger partial charge in [0.25, 0.3) is 0 Å². The molecule has 1 aromatic carbocycles. The second-order valence-electron chi connectivity index (χ2n) is 3.58. The van der Waals surface area contributed by atoms with Crippen molar-refractivity contribution in [2.75, 3.05) is 5.73 Å². The van der Waals surface area contributed by atoms with Gasteiger partial charge in [-0.1, -0.05) is 6.07 Å². The van der Waals surface area contributed by atoms with E-state index in [1.54, 1.807) is 17.4 Å². The van der Waals surface area contributed by atoms with Gasteiger partial charge in [0.15, 0.2) is 0 Å². The van der Waals surface area contributed by atoms with Gasteiger partial charge in [-0.15, -0.1) is 11.3 Å². The number of rotatable bonds is 2. The molecule has 0 aliphatic heterocycles. The lowest BCUT2D eigenvalue weighted by Crippen LogP contribution is -1.93. The smallest absolute Gasteiger partial charge is 0.231 e. The van der Waals surface area contributed by atoms with Crippen LogP contribution in [-0.2, 0) is 0 Å². The highest BCUT2D eigenvalue weighted by Gasteiger charge is 2.10. The summed E-state index contributed by atoms with van der Waals surface area (Å²) in [6.07, 6.45) is 1.49. The van der Waals surface area contributed by atoms with Crippen molar-refractivity contribution in [3.63, 3.8) is 0 Å². The second-order valence-corrected chi connectivity index (χ2v) is 5.27. The van der Waals surface area contributed by atoms with Gasteiger partial charge in [0, 0.05) is 5.69 Å². The fourth-order valence-corrected chi connectivity index (χ4v) is 2.63. The number of hydrogen-bond acceptors (Lipinski definition) is 5. The highest BCUT2D eigenvalue weighted by Crippen LogP contribution is 2.35. The number of thiophene rings is 1. The first kappa shape index (κ1) is 11.4. The zero-order valence-electron chi connectivity index (χ0n) is 9.13. The van der Waals surface area contributed by atoms with E-state index >= 15 is 0 Å². The lowest BCUT2D eigenvalue weighted by molar-refractivity contribution is 0.466. The average molecular weight is 322 g/mol. The summed E-state index contributed by atoms with van der Waals surface area (Å²) in [5.41, 5.74) is 6.44. The Bertz CT molecular complexity index is 713. The molecule has 90 valence electrons. The van der Waals surface area contributed by atoms with E-state index in [4.69, 9.17) is 10.5 Å². The van der Waals surface area contributed by atoms with Crippen molar-refractivity contribution in [1.29, 1.82) is 0 Å². The number of benzene rings is 1. The number of hydrogen-bond donors (Lipinski definition) is 1. The number of nitrogens with zero attached hydrogens (tertiary/aromatic N) is 2. The summed E-state index contributed by atoms with van der Waals surface area (Å²) in [5, 5.41) is 2.86. The maximum atomic E-state index is 5.81. The number of halogens is 1. The third-order valence-electron chi connectivity index (χ3n) is 2.42. The lowest BCUT2D eigenvalue weighted by atomic mass is 10.3. The van der Waals surface area contributed by atoms with Gasteiger partial charge in [0.2, 0.25) is 5.88 Å². The predicted octanol–water partition coefficient (Wildman–Crippen LogP) is 3.83. The molecular formula is C12H8BrN3OS. The van der Waals surface area contributed by atoms with Gasteiger partial charge in [-0.05, 0) is 39.5 Å². The molecule has 3 rings (SSSR count). The Kier molecular flexibility index (Phi) is 2.89. The standard InChI is InChI=1S/C12H8BrN3OS/c13-10-8(14)2-1-3-9(10)17-11-7-4-5-18-12(7)16-6-15-11/h1-6H,14H2. The van der Waals surface area contributed by atoms with Gasteiger partial charge in [-0.2, -0.15) is 0 Å². The quantitative estimate of drug-likeness (QED) is 0.729. The highest BCUT2D eigenvalue weighted by molar-refractivity contribution is 9.10. The second kappa shape index (κ2) is 4.55. The molecule has 4 nitrogen and oxygen atoms in total. The van der Waals surface area contributed by atoms with E-state index in [2.05, 4.69) is 25.9 Å². The molecule has 2 N–H and O–H groups in total. The van der Waals surface area contributed by atoms with Crippen LogP contribution in [0.4, 0.5) is 5.69 Å². The number of nitrogen functional groups attached to an aromatic ring is 1. The predicted molar refractivity (Wildman–Crippen MR) is 76.0 cm³/mol. The summed E-state index contributed by atoms with van der Waals surface area (Å²) in [4.78, 5) is 9.23. The van der Waals surface area contributed by atoms with Crippen LogP contribution in [0.3, 0.4) is 0 Å². The molecular weight excluding hydrogens is 314 g/mol. The maximum absolute atomic E-state index is 5.81. The maximum Gasteiger partial charge on any atom is 0.231 e. The Hall–Kier alpha value is -1.66. The minimum atomic E-state index is 0.535. The molecule has 0 unspecified atom stereocenters. The van der Waals surface area contributed by atoms with E-state index in [1.165, 1.54) is 6.33 Å². The van der Waals surface area contributed by atoms with Crippen LogP contribution >= 0.6 is 27.3 Å². The summed E-state index contributed by atoms with van der Waals surface area (Å²) in [5.74, 6) is 1.17. The normalized spacial score (nSPS) is 10.7. The van der Waals surface area contributed by atoms with Gasteiger partial charge >= 0.3 is 0 Å². The summed E-state index contributed by atoms with van der Waals surface area (Å²) in [6.45, 7) is 0. The van der Waals surface area contributed by atoms with Crippen molar-refractivity contribution in [3.8, 4) is 11.6 Å². The third kappa shape index (κ3) is 1.93. The average Bonchev–Trinajstić information content (AvgIpc) is 2.84. The lowest BCUT2D eigenvalue weighted by Gasteiger charge is -2.08. The zero-order chi connectivity index (χ0) is 12.5. The first-order chi connectivity index (χ1) is 8.75. The van der Waals surface area contributed by atoms with Crippen LogP contribution in [0.25, 0.3) is 10.2 Å². The summed E-state index contributed by atoms with van der Waals surface area (Å²) in [7, 11) is 0. The van der Waals surface area contributed by atoms with Crippen molar-refractivity contribution in [2.24, 2.45) is 0 Å². The minimum Gasteiger partial charge on any atom is -0.437 e. The van der Waals surface area contributed by atoms with Crippen molar-refractivity contribution >= 4 is 43.2 Å². The van der Waals surface area contributed by atoms with E-state index in [0.29, 0.717) is 17.3 Å². The Morgan fingerprint density at radius 3 is 3.00 bits per heavy atom. The van der Waals surface area contributed by atoms with Crippen molar-refractivity contribution < 1.29 is 4.74 Å². The number of anilines is 1. The topological polar surface area (TPSA) is 61.0 Å². The molecule has 3 aromatic rings. The van der Waals surface area contributed by atoms with Crippen LogP contribution in [0, 0.1) is 0 Å². The molecule has 0 atom stereocenters. The first-order valence-corrected chi connectivity index (χ1v) is 6.83. The van der Waals surface area contributed by atoms with Crippen LogP contribution in [0.5, 0.6) is 11.6 Å². The van der Waals surface area contributed by atoms with E-state index in [-0.39, 0.29) is 0 Å². The number of aromatic nitrogens is 2. The van der Waals surface area contributed by atoms with Crippen LogP contribution in [-0.4, -0.2) is 9.97 Å². The zero-order valence-corrected chi connectivity index (χ0v) is 11.5. The monoisotopic (exact) mass is 321 g/mol. The Labute approximate surface area is 116 Å². The molecule has 0 radical (unpaired) electrons. The van der Waals surface area contributed by atoms with Crippen LogP contribution in [0.2, 0.25) is 0 Å². The molecule has 0 spiro atoms. The minimum absolute atomic E-state index is 0.535. The molecule has 18 heavy (non-hydrogen) atoms. The van der Waals surface area contributed by atoms with E-state index < -0.39 is 0 Å². The van der Waals surface area contributed by atoms with Crippen LogP contribution < -0.4 is 10.5 Å². The van der Waals surface area contributed by atoms with Crippen LogP contribution in [0.1, 0.15) is 0 Å². The highest BCUT2D eigenvalue weighted by atomic mass is 79.9. The molecule has 0 fully saturated rings. The molecule has 0 amide bonds. The summed E-state index contributed by atoms with van der Waals surface area (Å²) in [6, 6.07) is 7.41. The van der Waals surface area contributed by atoms with Gasteiger partial charge in [0.1, 0.15) is 16.9 Å². The molecule has 0 saturated heterocycles. The van der Waals surface area contributed by atoms with Gasteiger partial charge in [0.05, 0.1) is 9.86 Å². The number of fused-ring (bicyclic) bond motifs is 1. The van der Waals surface area contributed by atoms with Gasteiger partial charge in [-0.25, -0.2) is 9.97 Å². The third-order valence-corrected chi connectivity index (χ3v) is 4.09. The van der Waals surface area contributed by atoms with Crippen molar-refractivity contribution in [3.05, 3.63) is 40.4 Å². The van der Waals surface area contributed by atoms with E-state index in [1.807, 2.05) is 23.6 Å². The van der Waals surface area contributed by atoms with Crippen molar-refractivity contribution in [2.45, 2.75) is 0 Å². The fraction of sp³-hybridized carbons (Fsp3) is 0. The molecule has 6 heteroatoms. The SMILES string of the molecule is Nc1cccc(Oc2ncnc3sccc23)c1Br. The van der Waals surface area contributed by atoms with Gasteiger partial charge in [-0.3, -0.25) is 0 Å². The summed E-state index contributed by atoms with van der Waals surface area (Å²) >= 11 is 4.95. The van der Waals surface area contributed by atoms with Crippen molar-refractivity contribution in [1.82, 2.24) is 9.97 Å². The first-order valence-electron chi connectivity index (χ1n) is 5.16. The Morgan fingerprint density at radius 1 is 1.22 bits per heavy atom. The molecule has 0 saturated carbocycles. The molecule has 2 heterocycles. The molecule has 0 aliphatic rings. The molecule has 0 aliphatic carbocycles. The van der Waals surface area contributed by atoms with E-state index in [0.717, 1.165) is 14.7 Å². The van der Waals surface area contributed by atoms with Crippen LogP contribution in [0.15, 0.2) is 40.4 Å². The molecule has 2 aromatic heterocycles. The number of nitrogens with two attached hydrogens (primary N) is 1. The fourth-order valence-electron chi connectivity index (χ4n) is 1.56. The van der Waals surface area contributed by atoms with Gasteiger partial charge < -0.3 is 10.5 Å².